The second-order valence-corrected chi connectivity index (χ2v) is 7.54. The van der Waals surface area contributed by atoms with Crippen LogP contribution in [0.3, 0.4) is 0 Å². The van der Waals surface area contributed by atoms with E-state index in [9.17, 15) is 0 Å². The third kappa shape index (κ3) is 5.18. The second-order valence-electron chi connectivity index (χ2n) is 6.70. The number of nitrogens with zero attached hydrogens (tertiary/aromatic N) is 1. The summed E-state index contributed by atoms with van der Waals surface area (Å²) in [5, 5.41) is 8.14. The van der Waals surface area contributed by atoms with Gasteiger partial charge in [-0.2, -0.15) is 0 Å². The van der Waals surface area contributed by atoms with Crippen molar-refractivity contribution >= 4 is 29.2 Å². The van der Waals surface area contributed by atoms with Crippen LogP contribution in [0.25, 0.3) is 0 Å². The van der Waals surface area contributed by atoms with Gasteiger partial charge < -0.3 is 19.8 Å². The summed E-state index contributed by atoms with van der Waals surface area (Å²) >= 11 is 12.6. The Kier molecular flexibility index (Phi) is 7.05. The van der Waals surface area contributed by atoms with Crippen LogP contribution in [-0.4, -0.2) is 39.3 Å². The molecule has 1 aliphatic heterocycles. The SMILES string of the molecule is CN=C(NCCc1ccco1)NCC1(c2ccc(Cl)cc2Cl)CCOCC1. The average Bonchev–Trinajstić information content (AvgIpc) is 3.18. The maximum atomic E-state index is 6.53. The number of ether oxygens (including phenoxy) is 1. The summed E-state index contributed by atoms with van der Waals surface area (Å²) in [5.74, 6) is 1.71. The van der Waals surface area contributed by atoms with Gasteiger partial charge in [0.15, 0.2) is 5.96 Å². The lowest BCUT2D eigenvalue weighted by Crippen LogP contribution is -2.48. The van der Waals surface area contributed by atoms with E-state index in [0.717, 1.165) is 49.6 Å². The number of hydrogen-bond donors (Lipinski definition) is 2. The van der Waals surface area contributed by atoms with Gasteiger partial charge in [0.25, 0.3) is 0 Å². The standard InChI is InChI=1S/C20H25Cl2N3O2/c1-23-19(24-9-6-16-3-2-10-27-16)25-14-20(7-11-26-12-8-20)17-5-4-15(21)13-18(17)22/h2-5,10,13H,6-9,11-12,14H2,1H3,(H2,23,24,25). The first-order valence-corrected chi connectivity index (χ1v) is 9.89. The number of hydrogen-bond acceptors (Lipinski definition) is 3. The summed E-state index contributed by atoms with van der Waals surface area (Å²) < 4.78 is 11.0. The molecule has 0 spiro atoms. The maximum Gasteiger partial charge on any atom is 0.191 e. The summed E-state index contributed by atoms with van der Waals surface area (Å²) in [6, 6.07) is 9.61. The molecule has 0 radical (unpaired) electrons. The van der Waals surface area contributed by atoms with Crippen molar-refractivity contribution in [2.24, 2.45) is 4.99 Å². The molecule has 146 valence electrons. The van der Waals surface area contributed by atoms with Gasteiger partial charge in [-0.1, -0.05) is 29.3 Å². The van der Waals surface area contributed by atoms with Gasteiger partial charge in [0.05, 0.1) is 6.26 Å². The fourth-order valence-corrected chi connectivity index (χ4v) is 4.06. The molecule has 0 atom stereocenters. The summed E-state index contributed by atoms with van der Waals surface area (Å²) in [5.41, 5.74) is 0.994. The largest absolute Gasteiger partial charge is 0.469 e. The minimum absolute atomic E-state index is 0.113. The summed E-state index contributed by atoms with van der Waals surface area (Å²) in [7, 11) is 1.77. The smallest absolute Gasteiger partial charge is 0.191 e. The van der Waals surface area contributed by atoms with Crippen molar-refractivity contribution in [3.8, 4) is 0 Å². The maximum absolute atomic E-state index is 6.53. The Bertz CT molecular complexity index is 757. The highest BCUT2D eigenvalue weighted by atomic mass is 35.5. The molecule has 1 fully saturated rings. The van der Waals surface area contributed by atoms with Gasteiger partial charge in [0, 0.05) is 55.2 Å². The van der Waals surface area contributed by atoms with Gasteiger partial charge in [-0.05, 0) is 42.7 Å². The Morgan fingerprint density at radius 3 is 2.67 bits per heavy atom. The molecular formula is C20H25Cl2N3O2. The average molecular weight is 410 g/mol. The highest BCUT2D eigenvalue weighted by Crippen LogP contribution is 2.39. The predicted molar refractivity (Wildman–Crippen MR) is 110 cm³/mol. The zero-order valence-electron chi connectivity index (χ0n) is 15.4. The third-order valence-electron chi connectivity index (χ3n) is 5.01. The van der Waals surface area contributed by atoms with E-state index >= 15 is 0 Å². The first-order valence-electron chi connectivity index (χ1n) is 9.13. The quantitative estimate of drug-likeness (QED) is 0.558. The summed E-state index contributed by atoms with van der Waals surface area (Å²) in [4.78, 5) is 4.33. The molecule has 0 bridgehead atoms. The molecule has 0 amide bonds. The van der Waals surface area contributed by atoms with E-state index in [1.807, 2.05) is 30.3 Å². The Hall–Kier alpha value is -1.69. The molecule has 2 N–H and O–H groups in total. The number of rotatable bonds is 6. The van der Waals surface area contributed by atoms with Crippen LogP contribution in [0.5, 0.6) is 0 Å². The van der Waals surface area contributed by atoms with E-state index in [4.69, 9.17) is 32.4 Å². The molecule has 1 aromatic heterocycles. The topological polar surface area (TPSA) is 58.8 Å². The van der Waals surface area contributed by atoms with Gasteiger partial charge >= 0.3 is 0 Å². The normalized spacial score (nSPS) is 16.9. The number of aliphatic imine (C=N–C) groups is 1. The van der Waals surface area contributed by atoms with Crippen molar-refractivity contribution in [1.29, 1.82) is 0 Å². The van der Waals surface area contributed by atoms with E-state index in [-0.39, 0.29) is 5.41 Å². The minimum atomic E-state index is -0.113. The van der Waals surface area contributed by atoms with Crippen LogP contribution in [0, 0.1) is 0 Å². The van der Waals surface area contributed by atoms with Gasteiger partial charge in [0.1, 0.15) is 5.76 Å². The molecule has 1 aromatic carbocycles. The van der Waals surface area contributed by atoms with E-state index in [0.29, 0.717) is 23.3 Å². The highest BCUT2D eigenvalue weighted by molar-refractivity contribution is 6.35. The highest BCUT2D eigenvalue weighted by Gasteiger charge is 2.36. The molecule has 5 nitrogen and oxygen atoms in total. The van der Waals surface area contributed by atoms with E-state index in [1.165, 1.54) is 0 Å². The molecule has 1 aliphatic rings. The Morgan fingerprint density at radius 1 is 1.19 bits per heavy atom. The third-order valence-corrected chi connectivity index (χ3v) is 5.56. The van der Waals surface area contributed by atoms with Crippen molar-refractivity contribution < 1.29 is 9.15 Å². The summed E-state index contributed by atoms with van der Waals surface area (Å²) in [6.07, 6.45) is 4.28. The number of benzene rings is 1. The molecule has 0 saturated carbocycles. The monoisotopic (exact) mass is 409 g/mol. The fraction of sp³-hybridized carbons (Fsp3) is 0.450. The summed E-state index contributed by atoms with van der Waals surface area (Å²) in [6.45, 7) is 2.89. The molecule has 1 saturated heterocycles. The lowest BCUT2D eigenvalue weighted by atomic mass is 9.74. The van der Waals surface area contributed by atoms with Crippen LogP contribution in [0.15, 0.2) is 46.0 Å². The van der Waals surface area contributed by atoms with Crippen molar-refractivity contribution in [1.82, 2.24) is 10.6 Å². The number of nitrogens with one attached hydrogen (secondary N) is 2. The zero-order valence-corrected chi connectivity index (χ0v) is 16.9. The fourth-order valence-electron chi connectivity index (χ4n) is 3.46. The van der Waals surface area contributed by atoms with E-state index in [1.54, 1.807) is 13.3 Å². The molecule has 0 aliphatic carbocycles. The van der Waals surface area contributed by atoms with Crippen molar-refractivity contribution in [2.75, 3.05) is 33.4 Å². The predicted octanol–water partition coefficient (Wildman–Crippen LogP) is 4.04. The number of guanidine groups is 1. The van der Waals surface area contributed by atoms with Crippen LogP contribution >= 0.6 is 23.2 Å². The lowest BCUT2D eigenvalue weighted by Gasteiger charge is -2.39. The number of furan rings is 1. The van der Waals surface area contributed by atoms with Crippen molar-refractivity contribution in [3.05, 3.63) is 58.0 Å². The molecule has 27 heavy (non-hydrogen) atoms. The van der Waals surface area contributed by atoms with Crippen LogP contribution in [0.1, 0.15) is 24.2 Å². The van der Waals surface area contributed by atoms with E-state index in [2.05, 4.69) is 15.6 Å². The van der Waals surface area contributed by atoms with Gasteiger partial charge in [0.2, 0.25) is 0 Å². The second kappa shape index (κ2) is 9.49. The number of halogens is 2. The minimum Gasteiger partial charge on any atom is -0.469 e. The van der Waals surface area contributed by atoms with Crippen molar-refractivity contribution in [2.45, 2.75) is 24.7 Å². The van der Waals surface area contributed by atoms with Gasteiger partial charge in [-0.25, -0.2) is 0 Å². The van der Waals surface area contributed by atoms with E-state index < -0.39 is 0 Å². The van der Waals surface area contributed by atoms with Crippen LogP contribution < -0.4 is 10.6 Å². The molecular weight excluding hydrogens is 385 g/mol. The Labute approximate surface area is 170 Å². The molecule has 0 unspecified atom stereocenters. The van der Waals surface area contributed by atoms with Gasteiger partial charge in [-0.3, -0.25) is 4.99 Å². The Balaban J connectivity index is 1.65. The molecule has 2 aromatic rings. The Morgan fingerprint density at radius 2 is 2.00 bits per heavy atom. The first-order chi connectivity index (χ1) is 13.1. The molecule has 3 rings (SSSR count). The lowest BCUT2D eigenvalue weighted by molar-refractivity contribution is 0.0514. The zero-order chi connectivity index (χ0) is 19.1. The van der Waals surface area contributed by atoms with Crippen molar-refractivity contribution in [3.63, 3.8) is 0 Å². The van der Waals surface area contributed by atoms with Crippen LogP contribution in [-0.2, 0) is 16.6 Å². The van der Waals surface area contributed by atoms with Crippen LogP contribution in [0.4, 0.5) is 0 Å². The first kappa shape index (κ1) is 20.1. The van der Waals surface area contributed by atoms with Crippen LogP contribution in [0.2, 0.25) is 10.0 Å². The molecule has 7 heteroatoms. The van der Waals surface area contributed by atoms with Gasteiger partial charge in [-0.15, -0.1) is 0 Å². The molecule has 2 heterocycles.